The smallest absolute Gasteiger partial charge is 0.155 e. The molecule has 0 saturated heterocycles. The number of carbonyl (C=O) groups is 3. The highest BCUT2D eigenvalue weighted by Gasteiger charge is 2.31. The molecule has 1 aliphatic rings. The summed E-state index contributed by atoms with van der Waals surface area (Å²) in [5, 5.41) is 0. The number of Topliss-reactive ketones (excluding diaryl/α,β-unsaturated/α-hetero) is 2. The number of ketones is 3. The molecule has 0 radical (unpaired) electrons. The highest BCUT2D eigenvalue weighted by Crippen LogP contribution is 2.38. The molecule has 3 nitrogen and oxygen atoms in total. The summed E-state index contributed by atoms with van der Waals surface area (Å²) >= 11 is 0. The summed E-state index contributed by atoms with van der Waals surface area (Å²) < 4.78 is 0. The molecule has 0 bridgehead atoms. The van der Waals surface area contributed by atoms with Gasteiger partial charge in [0, 0.05) is 18.3 Å². The van der Waals surface area contributed by atoms with Gasteiger partial charge in [0.2, 0.25) is 0 Å². The third-order valence-corrected chi connectivity index (χ3v) is 7.29. The number of allylic oxidation sites excluding steroid dienone is 4. The van der Waals surface area contributed by atoms with Gasteiger partial charge in [-0.15, -0.1) is 0 Å². The van der Waals surface area contributed by atoms with Crippen LogP contribution in [-0.2, 0) is 14.4 Å². The summed E-state index contributed by atoms with van der Waals surface area (Å²) in [5.41, 5.74) is 2.75. The van der Waals surface area contributed by atoms with Crippen LogP contribution in [0.2, 0.25) is 0 Å². The van der Waals surface area contributed by atoms with Gasteiger partial charge in [-0.2, -0.15) is 0 Å². The maximum absolute atomic E-state index is 13.1. The standard InChI is InChI=1S/C30H50O3/c1-9-12-23-14-15-24(19-26(32)16-21(4)28(20-23)30(6,7)8)18-25(13-10-2)27(11-3)29(33)17-22(5)31/h16,20,24-25,27-28H,9-15,17-19H2,1-8H3/b21-16+,23-20-. The molecule has 0 aliphatic heterocycles. The molecule has 0 N–H and O–H groups in total. The Kier molecular flexibility index (Phi) is 12.5. The van der Waals surface area contributed by atoms with Crippen molar-refractivity contribution >= 4 is 17.3 Å². The van der Waals surface area contributed by atoms with Gasteiger partial charge in [0.05, 0.1) is 6.42 Å². The fourth-order valence-corrected chi connectivity index (χ4v) is 5.78. The molecule has 0 spiro atoms. The summed E-state index contributed by atoms with van der Waals surface area (Å²) in [4.78, 5) is 37.5. The van der Waals surface area contributed by atoms with Crippen molar-refractivity contribution in [2.24, 2.45) is 29.1 Å². The summed E-state index contributed by atoms with van der Waals surface area (Å²) in [6, 6.07) is 0. The fraction of sp³-hybridized carbons (Fsp3) is 0.767. The Morgan fingerprint density at radius 1 is 1.12 bits per heavy atom. The topological polar surface area (TPSA) is 51.2 Å². The van der Waals surface area contributed by atoms with E-state index in [1.54, 1.807) is 0 Å². The number of carbonyl (C=O) groups excluding carboxylic acids is 3. The van der Waals surface area contributed by atoms with Gasteiger partial charge in [-0.25, -0.2) is 0 Å². The predicted molar refractivity (Wildman–Crippen MR) is 139 cm³/mol. The zero-order valence-corrected chi connectivity index (χ0v) is 22.8. The van der Waals surface area contributed by atoms with Gasteiger partial charge in [-0.1, -0.05) is 78.0 Å². The molecule has 1 aliphatic carbocycles. The lowest BCUT2D eigenvalue weighted by Gasteiger charge is -2.32. The van der Waals surface area contributed by atoms with Gasteiger partial charge in [0.25, 0.3) is 0 Å². The normalized spacial score (nSPS) is 25.4. The third-order valence-electron chi connectivity index (χ3n) is 7.29. The van der Waals surface area contributed by atoms with Crippen molar-refractivity contribution in [1.82, 2.24) is 0 Å². The Labute approximate surface area is 203 Å². The monoisotopic (exact) mass is 458 g/mol. The maximum Gasteiger partial charge on any atom is 0.155 e. The Morgan fingerprint density at radius 3 is 2.30 bits per heavy atom. The largest absolute Gasteiger partial charge is 0.300 e. The average Bonchev–Trinajstić information content (AvgIpc) is 2.68. The van der Waals surface area contributed by atoms with E-state index in [4.69, 9.17) is 0 Å². The van der Waals surface area contributed by atoms with Crippen LogP contribution in [0.1, 0.15) is 120 Å². The lowest BCUT2D eigenvalue weighted by atomic mass is 9.72. The SMILES string of the molecule is CCC/C1=C/C(C(C)(C)C)/C(C)=C/C(=O)CC(CC(CCC)C(CC)C(=O)CC(C)=O)CC1. The maximum atomic E-state index is 13.1. The van der Waals surface area contributed by atoms with Crippen LogP contribution in [0.4, 0.5) is 0 Å². The van der Waals surface area contributed by atoms with Gasteiger partial charge in [0.1, 0.15) is 11.6 Å². The van der Waals surface area contributed by atoms with Crippen molar-refractivity contribution < 1.29 is 14.4 Å². The van der Waals surface area contributed by atoms with Crippen LogP contribution in [-0.4, -0.2) is 17.3 Å². The van der Waals surface area contributed by atoms with Gasteiger partial charge < -0.3 is 0 Å². The van der Waals surface area contributed by atoms with E-state index in [2.05, 4.69) is 54.5 Å². The molecule has 0 fully saturated rings. The van der Waals surface area contributed by atoms with Gasteiger partial charge in [-0.3, -0.25) is 14.4 Å². The first-order chi connectivity index (χ1) is 15.4. The van der Waals surface area contributed by atoms with Crippen LogP contribution in [0.3, 0.4) is 0 Å². The average molecular weight is 459 g/mol. The molecule has 3 heteroatoms. The lowest BCUT2D eigenvalue weighted by Crippen LogP contribution is -2.27. The quantitative estimate of drug-likeness (QED) is 0.232. The van der Waals surface area contributed by atoms with E-state index in [0.29, 0.717) is 6.42 Å². The first kappa shape index (κ1) is 29.5. The van der Waals surface area contributed by atoms with Crippen LogP contribution >= 0.6 is 0 Å². The summed E-state index contributed by atoms with van der Waals surface area (Å²) in [5.74, 6) is 0.990. The number of rotatable bonds is 11. The minimum Gasteiger partial charge on any atom is -0.300 e. The minimum absolute atomic E-state index is 0.0435. The van der Waals surface area contributed by atoms with Gasteiger partial charge >= 0.3 is 0 Å². The van der Waals surface area contributed by atoms with E-state index in [1.807, 2.05) is 6.08 Å². The van der Waals surface area contributed by atoms with Crippen molar-refractivity contribution in [2.75, 3.05) is 0 Å². The van der Waals surface area contributed by atoms with Crippen LogP contribution in [0.5, 0.6) is 0 Å². The molecule has 188 valence electrons. The van der Waals surface area contributed by atoms with Crippen molar-refractivity contribution in [1.29, 1.82) is 0 Å². The van der Waals surface area contributed by atoms with Crippen molar-refractivity contribution in [3.8, 4) is 0 Å². The van der Waals surface area contributed by atoms with Crippen LogP contribution in [0.25, 0.3) is 0 Å². The summed E-state index contributed by atoms with van der Waals surface area (Å²) in [6.07, 6.45) is 12.9. The second-order valence-corrected chi connectivity index (χ2v) is 11.5. The van der Waals surface area contributed by atoms with E-state index in [9.17, 15) is 14.4 Å². The predicted octanol–water partition coefficient (Wildman–Crippen LogP) is 8.07. The zero-order chi connectivity index (χ0) is 25.2. The Bertz CT molecular complexity index is 719. The Hall–Kier alpha value is -1.51. The number of hydrogen-bond acceptors (Lipinski definition) is 3. The zero-order valence-electron chi connectivity index (χ0n) is 22.8. The molecule has 0 aromatic rings. The first-order valence-electron chi connectivity index (χ1n) is 13.3. The van der Waals surface area contributed by atoms with E-state index < -0.39 is 0 Å². The van der Waals surface area contributed by atoms with E-state index in [1.165, 1.54) is 12.5 Å². The Balaban J connectivity index is 3.20. The second kappa shape index (κ2) is 14.0. The Morgan fingerprint density at radius 2 is 1.79 bits per heavy atom. The van der Waals surface area contributed by atoms with Gasteiger partial charge in [-0.05, 0) is 69.3 Å². The molecule has 0 saturated carbocycles. The van der Waals surface area contributed by atoms with Crippen molar-refractivity contribution in [3.63, 3.8) is 0 Å². The van der Waals surface area contributed by atoms with Crippen molar-refractivity contribution in [3.05, 3.63) is 23.3 Å². The minimum atomic E-state index is -0.0763. The molecule has 0 amide bonds. The first-order valence-corrected chi connectivity index (χ1v) is 13.3. The van der Waals surface area contributed by atoms with E-state index in [-0.39, 0.29) is 52.9 Å². The summed E-state index contributed by atoms with van der Waals surface area (Å²) in [6.45, 7) is 16.8. The molecule has 0 aromatic heterocycles. The van der Waals surface area contributed by atoms with E-state index in [0.717, 1.165) is 56.9 Å². The van der Waals surface area contributed by atoms with Crippen LogP contribution in [0, 0.1) is 29.1 Å². The highest BCUT2D eigenvalue weighted by atomic mass is 16.1. The third kappa shape index (κ3) is 10.1. The lowest BCUT2D eigenvalue weighted by molar-refractivity contribution is -0.129. The van der Waals surface area contributed by atoms with Gasteiger partial charge in [0.15, 0.2) is 5.78 Å². The molecular formula is C30H50O3. The fourth-order valence-electron chi connectivity index (χ4n) is 5.78. The van der Waals surface area contributed by atoms with Crippen molar-refractivity contribution in [2.45, 2.75) is 120 Å². The molecule has 4 atom stereocenters. The molecule has 4 unspecified atom stereocenters. The molecule has 0 aromatic carbocycles. The summed E-state index contributed by atoms with van der Waals surface area (Å²) in [7, 11) is 0. The van der Waals surface area contributed by atoms with E-state index >= 15 is 0 Å². The van der Waals surface area contributed by atoms with Crippen LogP contribution < -0.4 is 0 Å². The number of hydrogen-bond donors (Lipinski definition) is 0. The molecular weight excluding hydrogens is 408 g/mol. The highest BCUT2D eigenvalue weighted by molar-refractivity contribution is 5.99. The molecule has 0 heterocycles. The van der Waals surface area contributed by atoms with Crippen LogP contribution in [0.15, 0.2) is 23.3 Å². The molecule has 1 rings (SSSR count). The molecule has 33 heavy (non-hydrogen) atoms. The second-order valence-electron chi connectivity index (χ2n) is 11.5.